The van der Waals surface area contributed by atoms with Gasteiger partial charge in [0.15, 0.2) is 10.5 Å². The number of nitrogens with one attached hydrogen (secondary N) is 2. The maximum atomic E-state index is 11.5. The van der Waals surface area contributed by atoms with Gasteiger partial charge in [0.2, 0.25) is 5.78 Å². The summed E-state index contributed by atoms with van der Waals surface area (Å²) >= 11 is 4.79. The molecule has 0 spiro atoms. The average molecular weight is 194 g/mol. The Labute approximate surface area is 78.6 Å². The van der Waals surface area contributed by atoms with Gasteiger partial charge in [0.25, 0.3) is 0 Å². The van der Waals surface area contributed by atoms with Gasteiger partial charge in [-0.25, -0.2) is 0 Å². The molecule has 0 fully saturated rings. The maximum Gasteiger partial charge on any atom is 0.245 e. The zero-order chi connectivity index (χ0) is 9.26. The molecule has 2 heterocycles. The third-order valence-corrected chi connectivity index (χ3v) is 1.81. The lowest BCUT2D eigenvalue weighted by atomic mass is 10.2. The van der Waals surface area contributed by atoms with Gasteiger partial charge in [0.1, 0.15) is 5.69 Å². The van der Waals surface area contributed by atoms with E-state index in [1.165, 1.54) is 12.5 Å². The van der Waals surface area contributed by atoms with Gasteiger partial charge in [-0.3, -0.25) is 4.79 Å². The van der Waals surface area contributed by atoms with Crippen molar-refractivity contribution in [3.05, 3.63) is 40.8 Å². The van der Waals surface area contributed by atoms with Crippen molar-refractivity contribution >= 4 is 18.0 Å². The highest BCUT2D eigenvalue weighted by Gasteiger charge is 2.12. The summed E-state index contributed by atoms with van der Waals surface area (Å²) in [6, 6.07) is 3.26. The molecule has 0 amide bonds. The van der Waals surface area contributed by atoms with E-state index in [0.717, 1.165) is 0 Å². The Hall–Kier alpha value is -1.62. The van der Waals surface area contributed by atoms with E-state index in [2.05, 4.69) is 9.97 Å². The van der Waals surface area contributed by atoms with E-state index in [4.69, 9.17) is 16.6 Å². The van der Waals surface area contributed by atoms with Gasteiger partial charge >= 0.3 is 0 Å². The molecular weight excluding hydrogens is 188 g/mol. The smallest absolute Gasteiger partial charge is 0.245 e. The summed E-state index contributed by atoms with van der Waals surface area (Å²) in [6.07, 6.45) is 2.97. The summed E-state index contributed by atoms with van der Waals surface area (Å²) in [4.78, 5) is 17.0. The summed E-state index contributed by atoms with van der Waals surface area (Å²) in [5, 5.41) is 0. The molecule has 0 unspecified atom stereocenters. The lowest BCUT2D eigenvalue weighted by Gasteiger charge is -1.89. The monoisotopic (exact) mass is 194 g/mol. The van der Waals surface area contributed by atoms with Gasteiger partial charge in [-0.15, -0.1) is 0 Å². The zero-order valence-electron chi connectivity index (χ0n) is 6.53. The second-order valence-corrected chi connectivity index (χ2v) is 2.87. The van der Waals surface area contributed by atoms with E-state index in [-0.39, 0.29) is 5.78 Å². The van der Waals surface area contributed by atoms with Crippen LogP contribution in [0.4, 0.5) is 0 Å². The number of H-pyrrole nitrogens is 2. The molecule has 2 aromatic heterocycles. The second kappa shape index (κ2) is 3.02. The highest BCUT2D eigenvalue weighted by atomic mass is 32.1. The molecule has 0 saturated heterocycles. The molecule has 0 atom stereocenters. The summed E-state index contributed by atoms with van der Waals surface area (Å²) in [5.41, 5.74) is 0.403. The van der Waals surface area contributed by atoms with Crippen LogP contribution >= 0.6 is 12.2 Å². The minimum Gasteiger partial charge on any atom is -0.461 e. The van der Waals surface area contributed by atoms with Gasteiger partial charge in [-0.05, 0) is 24.4 Å². The fourth-order valence-electron chi connectivity index (χ4n) is 0.995. The van der Waals surface area contributed by atoms with E-state index in [1.807, 2.05) is 0 Å². The standard InChI is InChI=1S/C8H6N2O2S/c11-7(6-2-1-3-12-6)5-4-9-8(13)10-5/h1-4H,(H2,9,10,13). The third kappa shape index (κ3) is 1.46. The number of ketones is 1. The first kappa shape index (κ1) is 8.00. The van der Waals surface area contributed by atoms with Crippen molar-refractivity contribution in [3.8, 4) is 0 Å². The Balaban J connectivity index is 2.39. The van der Waals surface area contributed by atoms with Crippen molar-refractivity contribution in [2.75, 3.05) is 0 Å². The topological polar surface area (TPSA) is 61.8 Å². The van der Waals surface area contributed by atoms with Crippen LogP contribution in [-0.2, 0) is 0 Å². The molecule has 5 heteroatoms. The molecular formula is C8H6N2O2S. The summed E-state index contributed by atoms with van der Waals surface area (Å²) in [5.74, 6) is 0.0857. The number of aromatic amines is 2. The lowest BCUT2D eigenvalue weighted by Crippen LogP contribution is -1.99. The predicted octanol–water partition coefficient (Wildman–Crippen LogP) is 1.90. The quantitative estimate of drug-likeness (QED) is 0.567. The number of hydrogen-bond donors (Lipinski definition) is 2. The van der Waals surface area contributed by atoms with E-state index >= 15 is 0 Å². The van der Waals surface area contributed by atoms with Crippen molar-refractivity contribution < 1.29 is 9.21 Å². The highest BCUT2D eigenvalue weighted by molar-refractivity contribution is 7.71. The van der Waals surface area contributed by atoms with Crippen molar-refractivity contribution in [2.45, 2.75) is 0 Å². The third-order valence-electron chi connectivity index (χ3n) is 1.59. The van der Waals surface area contributed by atoms with Crippen molar-refractivity contribution in [1.29, 1.82) is 0 Å². The van der Waals surface area contributed by atoms with Gasteiger partial charge in [0, 0.05) is 6.20 Å². The molecule has 0 bridgehead atoms. The number of aromatic nitrogens is 2. The van der Waals surface area contributed by atoms with Gasteiger partial charge < -0.3 is 14.4 Å². The number of imidazole rings is 1. The molecule has 2 N–H and O–H groups in total. The molecule has 66 valence electrons. The largest absolute Gasteiger partial charge is 0.461 e. The number of rotatable bonds is 2. The first-order valence-electron chi connectivity index (χ1n) is 3.63. The Kier molecular flexibility index (Phi) is 1.86. The van der Waals surface area contributed by atoms with Crippen LogP contribution < -0.4 is 0 Å². The molecule has 2 rings (SSSR count). The number of furan rings is 1. The maximum absolute atomic E-state index is 11.5. The molecule has 0 aromatic carbocycles. The summed E-state index contributed by atoms with van der Waals surface area (Å²) in [7, 11) is 0. The molecule has 0 aliphatic carbocycles. The summed E-state index contributed by atoms with van der Waals surface area (Å²) < 4.78 is 5.37. The van der Waals surface area contributed by atoms with Crippen LogP contribution in [0.15, 0.2) is 29.0 Å². The molecule has 0 aliphatic heterocycles. The number of carbonyl (C=O) groups excluding carboxylic acids is 1. The molecule has 13 heavy (non-hydrogen) atoms. The van der Waals surface area contributed by atoms with Crippen LogP contribution in [-0.4, -0.2) is 15.8 Å². The van der Waals surface area contributed by atoms with E-state index < -0.39 is 0 Å². The van der Waals surface area contributed by atoms with Crippen molar-refractivity contribution in [2.24, 2.45) is 0 Å². The Morgan fingerprint density at radius 3 is 2.92 bits per heavy atom. The molecule has 2 aromatic rings. The Morgan fingerprint density at radius 1 is 1.54 bits per heavy atom. The van der Waals surface area contributed by atoms with Gasteiger partial charge in [0.05, 0.1) is 6.26 Å². The van der Waals surface area contributed by atoms with Crippen LogP contribution in [0.5, 0.6) is 0 Å². The molecule has 0 aliphatic rings. The fourth-order valence-corrected chi connectivity index (χ4v) is 1.16. The molecule has 4 nitrogen and oxygen atoms in total. The van der Waals surface area contributed by atoms with Crippen LogP contribution in [0, 0.1) is 4.77 Å². The molecule has 0 radical (unpaired) electrons. The minimum atomic E-state index is -0.211. The molecule has 0 saturated carbocycles. The minimum absolute atomic E-state index is 0.211. The Bertz CT molecular complexity index is 466. The van der Waals surface area contributed by atoms with Gasteiger partial charge in [-0.2, -0.15) is 0 Å². The normalized spacial score (nSPS) is 10.2. The second-order valence-electron chi connectivity index (χ2n) is 2.46. The van der Waals surface area contributed by atoms with Crippen LogP contribution in [0.1, 0.15) is 16.2 Å². The van der Waals surface area contributed by atoms with Crippen LogP contribution in [0.25, 0.3) is 0 Å². The summed E-state index contributed by atoms with van der Waals surface area (Å²) in [6.45, 7) is 0. The van der Waals surface area contributed by atoms with Crippen LogP contribution in [0.3, 0.4) is 0 Å². The van der Waals surface area contributed by atoms with E-state index in [9.17, 15) is 4.79 Å². The van der Waals surface area contributed by atoms with Crippen molar-refractivity contribution in [3.63, 3.8) is 0 Å². The zero-order valence-corrected chi connectivity index (χ0v) is 7.35. The van der Waals surface area contributed by atoms with E-state index in [1.54, 1.807) is 12.1 Å². The van der Waals surface area contributed by atoms with E-state index in [0.29, 0.717) is 16.2 Å². The SMILES string of the molecule is O=C(c1c[nH]c(=S)[nH]1)c1ccco1. The Morgan fingerprint density at radius 2 is 2.38 bits per heavy atom. The first-order valence-corrected chi connectivity index (χ1v) is 4.04. The number of carbonyl (C=O) groups is 1. The lowest BCUT2D eigenvalue weighted by molar-refractivity contribution is 0.100. The first-order chi connectivity index (χ1) is 6.27. The average Bonchev–Trinajstić information content (AvgIpc) is 2.72. The van der Waals surface area contributed by atoms with Crippen LogP contribution in [0.2, 0.25) is 0 Å². The van der Waals surface area contributed by atoms with Gasteiger partial charge in [-0.1, -0.05) is 0 Å². The predicted molar refractivity (Wildman–Crippen MR) is 48.1 cm³/mol. The van der Waals surface area contributed by atoms with Crippen molar-refractivity contribution in [1.82, 2.24) is 9.97 Å². The number of hydrogen-bond acceptors (Lipinski definition) is 3. The fraction of sp³-hybridized carbons (Fsp3) is 0. The highest BCUT2D eigenvalue weighted by Crippen LogP contribution is 2.07.